The monoisotopic (exact) mass is 142 g/mol. The molecule has 56 valence electrons. The van der Waals surface area contributed by atoms with Crippen molar-refractivity contribution in [1.82, 2.24) is 5.16 Å². The van der Waals surface area contributed by atoms with Gasteiger partial charge in [0.15, 0.2) is 0 Å². The van der Waals surface area contributed by atoms with Gasteiger partial charge in [0, 0.05) is 12.7 Å². The Morgan fingerprint density at radius 2 is 2.40 bits per heavy atom. The van der Waals surface area contributed by atoms with Crippen molar-refractivity contribution in [3.63, 3.8) is 0 Å². The molecule has 0 saturated heterocycles. The Labute approximate surface area is 58.9 Å². The van der Waals surface area contributed by atoms with E-state index in [1.807, 2.05) is 6.92 Å². The Bertz CT molecular complexity index is 220. The maximum absolute atomic E-state index is 5.39. The smallest absolute Gasteiger partial charge is 0.225 e. The summed E-state index contributed by atoms with van der Waals surface area (Å²) in [5.74, 6) is 0.368. The summed E-state index contributed by atoms with van der Waals surface area (Å²) >= 11 is 0. The number of nitrogens with zero attached hydrogens (tertiary/aromatic N) is 1. The van der Waals surface area contributed by atoms with Gasteiger partial charge in [-0.3, -0.25) is 0 Å². The lowest BCUT2D eigenvalue weighted by Crippen LogP contribution is -1.90. The zero-order chi connectivity index (χ0) is 7.56. The first kappa shape index (κ1) is 7.08. The third-order valence-corrected chi connectivity index (χ3v) is 1.34. The van der Waals surface area contributed by atoms with Crippen molar-refractivity contribution < 1.29 is 9.26 Å². The van der Waals surface area contributed by atoms with Crippen LogP contribution in [0.2, 0.25) is 0 Å². The van der Waals surface area contributed by atoms with Gasteiger partial charge in [0.1, 0.15) is 5.69 Å². The molecule has 4 heteroatoms. The second kappa shape index (κ2) is 2.70. The zero-order valence-corrected chi connectivity index (χ0v) is 6.05. The van der Waals surface area contributed by atoms with Gasteiger partial charge in [-0.05, 0) is 6.92 Å². The topological polar surface area (TPSA) is 61.3 Å². The quantitative estimate of drug-likeness (QED) is 0.660. The highest BCUT2D eigenvalue weighted by atomic mass is 16.5. The second-order valence-electron chi connectivity index (χ2n) is 2.05. The Morgan fingerprint density at radius 1 is 1.70 bits per heavy atom. The molecule has 10 heavy (non-hydrogen) atoms. The lowest BCUT2D eigenvalue weighted by Gasteiger charge is -1.91. The van der Waals surface area contributed by atoms with E-state index in [0.717, 1.165) is 11.3 Å². The lowest BCUT2D eigenvalue weighted by atomic mass is 10.3. The molecule has 0 atom stereocenters. The highest BCUT2D eigenvalue weighted by Gasteiger charge is 2.06. The minimum atomic E-state index is 0.368. The molecule has 0 aliphatic carbocycles. The summed E-state index contributed by atoms with van der Waals surface area (Å²) in [4.78, 5) is 0. The van der Waals surface area contributed by atoms with Crippen molar-refractivity contribution in [2.45, 2.75) is 13.5 Å². The van der Waals surface area contributed by atoms with Gasteiger partial charge in [-0.1, -0.05) is 5.16 Å². The summed E-state index contributed by atoms with van der Waals surface area (Å²) in [6.07, 6.45) is 0. The fourth-order valence-electron chi connectivity index (χ4n) is 0.655. The van der Waals surface area contributed by atoms with Crippen LogP contribution < -0.4 is 5.73 Å². The van der Waals surface area contributed by atoms with Gasteiger partial charge in [-0.15, -0.1) is 0 Å². The van der Waals surface area contributed by atoms with E-state index in [1.54, 1.807) is 7.11 Å². The highest BCUT2D eigenvalue weighted by Crippen LogP contribution is 2.14. The molecule has 0 aliphatic rings. The number of hydrogen-bond acceptors (Lipinski definition) is 4. The van der Waals surface area contributed by atoms with Crippen molar-refractivity contribution in [2.75, 3.05) is 12.8 Å². The third-order valence-electron chi connectivity index (χ3n) is 1.34. The van der Waals surface area contributed by atoms with Gasteiger partial charge in [0.2, 0.25) is 5.88 Å². The summed E-state index contributed by atoms with van der Waals surface area (Å²) in [6.45, 7) is 2.30. The molecule has 0 amide bonds. The number of hydrogen-bond donors (Lipinski definition) is 1. The number of anilines is 1. The molecule has 1 aromatic rings. The van der Waals surface area contributed by atoms with Gasteiger partial charge in [0.25, 0.3) is 0 Å². The van der Waals surface area contributed by atoms with Crippen molar-refractivity contribution in [1.29, 1.82) is 0 Å². The van der Waals surface area contributed by atoms with Crippen LogP contribution in [0.5, 0.6) is 0 Å². The number of aromatic nitrogens is 1. The van der Waals surface area contributed by atoms with Crippen LogP contribution in [0.4, 0.5) is 5.88 Å². The average molecular weight is 142 g/mol. The first-order chi connectivity index (χ1) is 4.75. The maximum Gasteiger partial charge on any atom is 0.225 e. The van der Waals surface area contributed by atoms with Crippen molar-refractivity contribution in [3.05, 3.63) is 11.3 Å². The first-order valence-corrected chi connectivity index (χ1v) is 2.95. The summed E-state index contributed by atoms with van der Waals surface area (Å²) in [5.41, 5.74) is 7.01. The minimum absolute atomic E-state index is 0.368. The Morgan fingerprint density at radius 3 is 2.80 bits per heavy atom. The average Bonchev–Trinajstić information content (AvgIpc) is 2.20. The van der Waals surface area contributed by atoms with Crippen LogP contribution in [0.25, 0.3) is 0 Å². The van der Waals surface area contributed by atoms with Gasteiger partial charge in [0.05, 0.1) is 6.61 Å². The van der Waals surface area contributed by atoms with Crippen LogP contribution in [-0.4, -0.2) is 12.3 Å². The molecule has 0 fully saturated rings. The molecule has 0 saturated carbocycles. The van der Waals surface area contributed by atoms with E-state index in [-0.39, 0.29) is 0 Å². The van der Waals surface area contributed by atoms with E-state index in [1.165, 1.54) is 0 Å². The zero-order valence-electron chi connectivity index (χ0n) is 6.05. The van der Waals surface area contributed by atoms with Gasteiger partial charge >= 0.3 is 0 Å². The Kier molecular flexibility index (Phi) is 1.91. The predicted molar refractivity (Wildman–Crippen MR) is 36.4 cm³/mol. The van der Waals surface area contributed by atoms with Crippen LogP contribution in [-0.2, 0) is 11.3 Å². The minimum Gasteiger partial charge on any atom is -0.378 e. The van der Waals surface area contributed by atoms with Crippen LogP contribution in [0.15, 0.2) is 4.52 Å². The Hall–Kier alpha value is -1.03. The lowest BCUT2D eigenvalue weighted by molar-refractivity contribution is 0.177. The molecular weight excluding hydrogens is 132 g/mol. The molecule has 2 N–H and O–H groups in total. The predicted octanol–water partition coefficient (Wildman–Crippen LogP) is 0.712. The SMILES string of the molecule is COCc1noc(N)c1C. The molecule has 0 bridgehead atoms. The number of methoxy groups -OCH3 is 1. The van der Waals surface area contributed by atoms with E-state index >= 15 is 0 Å². The fraction of sp³-hybridized carbons (Fsp3) is 0.500. The number of ether oxygens (including phenoxy) is 1. The van der Waals surface area contributed by atoms with Gasteiger partial charge in [-0.25, -0.2) is 0 Å². The fourth-order valence-corrected chi connectivity index (χ4v) is 0.655. The van der Waals surface area contributed by atoms with Crippen LogP contribution in [0.3, 0.4) is 0 Å². The number of nitrogens with two attached hydrogens (primary N) is 1. The molecule has 1 aromatic heterocycles. The van der Waals surface area contributed by atoms with Gasteiger partial charge < -0.3 is 15.0 Å². The second-order valence-corrected chi connectivity index (χ2v) is 2.05. The molecular formula is C6H10N2O2. The largest absolute Gasteiger partial charge is 0.378 e. The van der Waals surface area contributed by atoms with Crippen LogP contribution >= 0.6 is 0 Å². The van der Waals surface area contributed by atoms with E-state index in [0.29, 0.717) is 12.5 Å². The van der Waals surface area contributed by atoms with E-state index < -0.39 is 0 Å². The number of nitrogen functional groups attached to an aromatic ring is 1. The summed E-state index contributed by atoms with van der Waals surface area (Å²) in [6, 6.07) is 0. The van der Waals surface area contributed by atoms with Gasteiger partial charge in [-0.2, -0.15) is 0 Å². The van der Waals surface area contributed by atoms with Crippen LogP contribution in [0, 0.1) is 6.92 Å². The summed E-state index contributed by atoms with van der Waals surface area (Å²) in [5, 5.41) is 3.68. The molecule has 0 radical (unpaired) electrons. The Balaban J connectivity index is 2.83. The molecule has 1 heterocycles. The maximum atomic E-state index is 5.39. The molecule has 0 unspecified atom stereocenters. The standard InChI is InChI=1S/C6H10N2O2/c1-4-5(3-9-2)8-10-6(4)7/h3,7H2,1-2H3. The summed E-state index contributed by atoms with van der Waals surface area (Å²) in [7, 11) is 1.60. The van der Waals surface area contributed by atoms with Crippen molar-refractivity contribution in [2.24, 2.45) is 0 Å². The van der Waals surface area contributed by atoms with E-state index in [9.17, 15) is 0 Å². The normalized spacial score (nSPS) is 10.2. The molecule has 4 nitrogen and oxygen atoms in total. The molecule has 0 spiro atoms. The van der Waals surface area contributed by atoms with E-state index in [2.05, 4.69) is 5.16 Å². The van der Waals surface area contributed by atoms with E-state index in [4.69, 9.17) is 15.0 Å². The third kappa shape index (κ3) is 1.11. The van der Waals surface area contributed by atoms with Crippen molar-refractivity contribution in [3.8, 4) is 0 Å². The first-order valence-electron chi connectivity index (χ1n) is 2.95. The molecule has 0 aliphatic heterocycles. The molecule has 1 rings (SSSR count). The highest BCUT2D eigenvalue weighted by molar-refractivity contribution is 5.36. The number of rotatable bonds is 2. The van der Waals surface area contributed by atoms with Crippen LogP contribution in [0.1, 0.15) is 11.3 Å². The molecule has 0 aromatic carbocycles. The summed E-state index contributed by atoms with van der Waals surface area (Å²) < 4.78 is 9.54. The van der Waals surface area contributed by atoms with Crippen molar-refractivity contribution >= 4 is 5.88 Å².